The highest BCUT2D eigenvalue weighted by molar-refractivity contribution is 5.74. The summed E-state index contributed by atoms with van der Waals surface area (Å²) in [4.78, 5) is 11.9. The minimum atomic E-state index is -0.275. The molecule has 1 atom stereocenters. The fraction of sp³-hybridized carbons (Fsp3) is 0.400. The van der Waals surface area contributed by atoms with Crippen LogP contribution >= 0.6 is 0 Å². The number of carbonyl (C=O) groups is 1. The first-order valence-corrected chi connectivity index (χ1v) is 7.34. The van der Waals surface area contributed by atoms with Crippen molar-refractivity contribution >= 4 is 6.03 Å². The van der Waals surface area contributed by atoms with E-state index in [0.29, 0.717) is 12.2 Å². The summed E-state index contributed by atoms with van der Waals surface area (Å²) in [5.41, 5.74) is 0.941. The Balaban J connectivity index is 1.93. The Hall–Kier alpha value is -2.41. The van der Waals surface area contributed by atoms with E-state index >= 15 is 0 Å². The molecule has 0 bridgehead atoms. The number of para-hydroxylation sites is 1. The average Bonchev–Trinajstić information content (AvgIpc) is 3.02. The fourth-order valence-corrected chi connectivity index (χ4v) is 2.11. The number of aliphatic hydroxyl groups is 1. The number of benzene rings is 1. The predicted molar refractivity (Wildman–Crippen MR) is 82.5 cm³/mol. The van der Waals surface area contributed by atoms with Crippen molar-refractivity contribution in [2.24, 2.45) is 0 Å². The molecule has 22 heavy (non-hydrogen) atoms. The van der Waals surface area contributed by atoms with Gasteiger partial charge >= 0.3 is 6.03 Å². The number of aliphatic hydroxyl groups excluding tert-OH is 1. The molecule has 0 saturated heterocycles. The minimum Gasteiger partial charge on any atom is -0.396 e. The van der Waals surface area contributed by atoms with Crippen molar-refractivity contribution in [1.82, 2.24) is 25.4 Å². The number of nitrogens with zero attached hydrogens (tertiary/aromatic N) is 3. The van der Waals surface area contributed by atoms with E-state index in [1.807, 2.05) is 41.8 Å². The molecule has 118 valence electrons. The van der Waals surface area contributed by atoms with Crippen LogP contribution in [-0.2, 0) is 6.54 Å². The van der Waals surface area contributed by atoms with Gasteiger partial charge < -0.3 is 15.7 Å². The zero-order valence-corrected chi connectivity index (χ0v) is 12.6. The third-order valence-corrected chi connectivity index (χ3v) is 3.37. The Morgan fingerprint density at radius 1 is 1.36 bits per heavy atom. The number of hydrogen-bond acceptors (Lipinski definition) is 4. The summed E-state index contributed by atoms with van der Waals surface area (Å²) >= 11 is 0. The standard InChI is InChI=1S/C15H21N5O2/c1-2-12(8-9-21)18-15(22)16-10-14-19-17-11-20(14)13-6-4-3-5-7-13/h3-7,11-12,21H,2,8-10H2,1H3,(H2,16,18,22). The highest BCUT2D eigenvalue weighted by Crippen LogP contribution is 2.08. The number of aromatic nitrogens is 3. The van der Waals surface area contributed by atoms with E-state index in [2.05, 4.69) is 20.8 Å². The van der Waals surface area contributed by atoms with Gasteiger partial charge in [0.05, 0.1) is 6.54 Å². The smallest absolute Gasteiger partial charge is 0.315 e. The highest BCUT2D eigenvalue weighted by atomic mass is 16.3. The molecule has 2 aromatic rings. The molecule has 0 fully saturated rings. The number of hydrogen-bond donors (Lipinski definition) is 3. The van der Waals surface area contributed by atoms with Crippen LogP contribution in [0.3, 0.4) is 0 Å². The molecule has 0 saturated carbocycles. The monoisotopic (exact) mass is 303 g/mol. The zero-order chi connectivity index (χ0) is 15.8. The second kappa shape index (κ2) is 8.14. The van der Waals surface area contributed by atoms with Crippen molar-refractivity contribution in [2.75, 3.05) is 6.61 Å². The van der Waals surface area contributed by atoms with E-state index in [-0.39, 0.29) is 25.2 Å². The van der Waals surface area contributed by atoms with Crippen LogP contribution in [0.2, 0.25) is 0 Å². The SMILES string of the molecule is CCC(CCO)NC(=O)NCc1nncn1-c1ccccc1. The molecule has 2 rings (SSSR count). The van der Waals surface area contributed by atoms with Crippen LogP contribution in [0.1, 0.15) is 25.6 Å². The predicted octanol–water partition coefficient (Wildman–Crippen LogP) is 1.23. The van der Waals surface area contributed by atoms with Crippen LogP contribution in [-0.4, -0.2) is 38.6 Å². The number of nitrogens with one attached hydrogen (secondary N) is 2. The van der Waals surface area contributed by atoms with Crippen molar-refractivity contribution in [2.45, 2.75) is 32.4 Å². The molecule has 1 aromatic carbocycles. The van der Waals surface area contributed by atoms with Gasteiger partial charge in [-0.15, -0.1) is 10.2 Å². The first kappa shape index (κ1) is 16.0. The summed E-state index contributed by atoms with van der Waals surface area (Å²) in [5, 5.41) is 22.4. The van der Waals surface area contributed by atoms with Crippen molar-refractivity contribution in [3.63, 3.8) is 0 Å². The summed E-state index contributed by atoms with van der Waals surface area (Å²) in [7, 11) is 0. The maximum atomic E-state index is 11.9. The van der Waals surface area contributed by atoms with Gasteiger partial charge in [-0.2, -0.15) is 0 Å². The maximum Gasteiger partial charge on any atom is 0.315 e. The third-order valence-electron chi connectivity index (χ3n) is 3.37. The second-order valence-electron chi connectivity index (χ2n) is 4.90. The lowest BCUT2D eigenvalue weighted by Gasteiger charge is -2.16. The molecule has 1 heterocycles. The lowest BCUT2D eigenvalue weighted by molar-refractivity contribution is 0.227. The number of urea groups is 1. The number of amides is 2. The van der Waals surface area contributed by atoms with Gasteiger partial charge in [0.1, 0.15) is 6.33 Å². The molecule has 7 nitrogen and oxygen atoms in total. The molecule has 1 aromatic heterocycles. The number of carbonyl (C=O) groups excluding carboxylic acids is 1. The molecular weight excluding hydrogens is 282 g/mol. The summed E-state index contributed by atoms with van der Waals surface area (Å²) in [5.74, 6) is 0.650. The Kier molecular flexibility index (Phi) is 5.91. The molecule has 0 aliphatic rings. The maximum absolute atomic E-state index is 11.9. The van der Waals surface area contributed by atoms with Crippen molar-refractivity contribution in [3.05, 3.63) is 42.5 Å². The van der Waals surface area contributed by atoms with E-state index in [1.54, 1.807) is 6.33 Å². The van der Waals surface area contributed by atoms with Crippen LogP contribution < -0.4 is 10.6 Å². The van der Waals surface area contributed by atoms with Crippen LogP contribution in [0.15, 0.2) is 36.7 Å². The molecule has 0 aliphatic heterocycles. The van der Waals surface area contributed by atoms with Gasteiger partial charge in [0.25, 0.3) is 0 Å². The summed E-state index contributed by atoms with van der Waals surface area (Å²) in [6.45, 7) is 2.30. The number of rotatable bonds is 7. The van der Waals surface area contributed by atoms with Crippen LogP contribution in [0.25, 0.3) is 5.69 Å². The summed E-state index contributed by atoms with van der Waals surface area (Å²) in [6.07, 6.45) is 2.93. The summed E-state index contributed by atoms with van der Waals surface area (Å²) in [6, 6.07) is 9.38. The Labute approximate surface area is 129 Å². The lowest BCUT2D eigenvalue weighted by atomic mass is 10.2. The van der Waals surface area contributed by atoms with Gasteiger partial charge in [0.15, 0.2) is 5.82 Å². The highest BCUT2D eigenvalue weighted by Gasteiger charge is 2.11. The quantitative estimate of drug-likeness (QED) is 0.717. The van der Waals surface area contributed by atoms with E-state index in [4.69, 9.17) is 5.11 Å². The minimum absolute atomic E-state index is 0.0306. The zero-order valence-electron chi connectivity index (χ0n) is 12.6. The second-order valence-corrected chi connectivity index (χ2v) is 4.90. The Bertz CT molecular complexity index is 585. The fourth-order valence-electron chi connectivity index (χ4n) is 2.11. The van der Waals surface area contributed by atoms with Crippen LogP contribution in [0, 0.1) is 0 Å². The first-order valence-electron chi connectivity index (χ1n) is 7.34. The van der Waals surface area contributed by atoms with Crippen molar-refractivity contribution in [1.29, 1.82) is 0 Å². The van der Waals surface area contributed by atoms with Crippen LogP contribution in [0.4, 0.5) is 4.79 Å². The van der Waals surface area contributed by atoms with Crippen LogP contribution in [0.5, 0.6) is 0 Å². The van der Waals surface area contributed by atoms with Gasteiger partial charge in [0, 0.05) is 18.3 Å². The molecule has 7 heteroatoms. The van der Waals surface area contributed by atoms with E-state index in [9.17, 15) is 4.79 Å². The van der Waals surface area contributed by atoms with E-state index < -0.39 is 0 Å². The molecule has 0 spiro atoms. The largest absolute Gasteiger partial charge is 0.396 e. The molecule has 3 N–H and O–H groups in total. The van der Waals surface area contributed by atoms with Crippen molar-refractivity contribution < 1.29 is 9.90 Å². The lowest BCUT2D eigenvalue weighted by Crippen LogP contribution is -2.42. The Morgan fingerprint density at radius 3 is 2.82 bits per heavy atom. The van der Waals surface area contributed by atoms with Crippen molar-refractivity contribution in [3.8, 4) is 5.69 Å². The van der Waals surface area contributed by atoms with Gasteiger partial charge in [-0.3, -0.25) is 4.57 Å². The van der Waals surface area contributed by atoms with E-state index in [1.165, 1.54) is 0 Å². The van der Waals surface area contributed by atoms with Gasteiger partial charge in [0.2, 0.25) is 0 Å². The van der Waals surface area contributed by atoms with Gasteiger partial charge in [-0.1, -0.05) is 25.1 Å². The topological polar surface area (TPSA) is 92.1 Å². The Morgan fingerprint density at radius 2 is 2.14 bits per heavy atom. The van der Waals surface area contributed by atoms with Gasteiger partial charge in [-0.05, 0) is 25.0 Å². The normalized spacial score (nSPS) is 11.9. The third kappa shape index (κ3) is 4.29. The van der Waals surface area contributed by atoms with Gasteiger partial charge in [-0.25, -0.2) is 4.79 Å². The molecule has 0 radical (unpaired) electrons. The average molecular weight is 303 g/mol. The molecule has 2 amide bonds. The molecule has 1 unspecified atom stereocenters. The van der Waals surface area contributed by atoms with E-state index in [0.717, 1.165) is 12.1 Å². The summed E-state index contributed by atoms with van der Waals surface area (Å²) < 4.78 is 1.82. The first-order chi connectivity index (χ1) is 10.7. The molecule has 0 aliphatic carbocycles. The molecular formula is C15H21N5O2.